The van der Waals surface area contributed by atoms with Crippen molar-refractivity contribution >= 4 is 11.7 Å². The highest BCUT2D eigenvalue weighted by Crippen LogP contribution is 2.17. The van der Waals surface area contributed by atoms with Gasteiger partial charge in [0.2, 0.25) is 0 Å². The van der Waals surface area contributed by atoms with Crippen molar-refractivity contribution in [2.75, 3.05) is 38.7 Å². The topological polar surface area (TPSA) is 45.7 Å². The second kappa shape index (κ2) is 8.27. The molecule has 1 fully saturated rings. The van der Waals surface area contributed by atoms with Gasteiger partial charge in [0.05, 0.1) is 12.7 Å². The molecule has 2 heterocycles. The molecule has 0 N–H and O–H groups in total. The van der Waals surface area contributed by atoms with E-state index < -0.39 is 0 Å². The Hall–Kier alpha value is -2.47. The fourth-order valence-electron chi connectivity index (χ4n) is 3.04. The second-order valence-electron chi connectivity index (χ2n) is 6.71. The third kappa shape index (κ3) is 4.58. The molecule has 6 heteroatoms. The van der Waals surface area contributed by atoms with Crippen LogP contribution in [0.25, 0.3) is 0 Å². The summed E-state index contributed by atoms with van der Waals surface area (Å²) in [7, 11) is 3.94. The molecule has 1 atom stereocenters. The zero-order chi connectivity index (χ0) is 18.5. The van der Waals surface area contributed by atoms with Gasteiger partial charge in [-0.05, 0) is 54.8 Å². The van der Waals surface area contributed by atoms with E-state index in [-0.39, 0.29) is 17.8 Å². The number of nitrogens with zero attached hydrogens (tertiary/aromatic N) is 3. The molecule has 0 bridgehead atoms. The van der Waals surface area contributed by atoms with E-state index >= 15 is 0 Å². The number of ether oxygens (including phenoxy) is 1. The van der Waals surface area contributed by atoms with Gasteiger partial charge in [-0.1, -0.05) is 0 Å². The third-order valence-corrected chi connectivity index (χ3v) is 4.54. The van der Waals surface area contributed by atoms with Crippen molar-refractivity contribution in [2.24, 2.45) is 0 Å². The monoisotopic (exact) mass is 357 g/mol. The van der Waals surface area contributed by atoms with Crippen LogP contribution in [0.3, 0.4) is 0 Å². The highest BCUT2D eigenvalue weighted by atomic mass is 19.1. The summed E-state index contributed by atoms with van der Waals surface area (Å²) in [5.74, 6) is 0.521. The Morgan fingerprint density at radius 1 is 1.31 bits per heavy atom. The Balaban J connectivity index is 1.57. The van der Waals surface area contributed by atoms with Gasteiger partial charge >= 0.3 is 0 Å². The number of aromatic nitrogens is 1. The van der Waals surface area contributed by atoms with Crippen LogP contribution in [0.15, 0.2) is 42.6 Å². The Bertz CT molecular complexity index is 749. The van der Waals surface area contributed by atoms with Crippen LogP contribution < -0.4 is 4.90 Å². The van der Waals surface area contributed by atoms with Gasteiger partial charge in [-0.15, -0.1) is 0 Å². The van der Waals surface area contributed by atoms with Gasteiger partial charge in [-0.25, -0.2) is 9.37 Å². The standard InChI is InChI=1S/C20H24FN3O2/c1-23(2)19-13-15(9-10-22-19)3-8-18-14-24(11-12-26-18)20(25)16-4-6-17(21)7-5-16/h4-7,9-10,13,18H,3,8,11-12,14H2,1-2H3. The zero-order valence-corrected chi connectivity index (χ0v) is 15.2. The van der Waals surface area contributed by atoms with Crippen LogP contribution in [-0.2, 0) is 11.2 Å². The number of rotatable bonds is 5. The Labute approximate surface area is 153 Å². The van der Waals surface area contributed by atoms with Gasteiger partial charge < -0.3 is 14.5 Å². The van der Waals surface area contributed by atoms with Gasteiger partial charge in [0.1, 0.15) is 11.6 Å². The number of hydrogen-bond acceptors (Lipinski definition) is 4. The molecule has 2 aromatic rings. The number of morpholine rings is 1. The van der Waals surface area contributed by atoms with Crippen LogP contribution in [0, 0.1) is 5.82 Å². The van der Waals surface area contributed by atoms with Crippen molar-refractivity contribution in [3.05, 3.63) is 59.5 Å². The molecule has 3 rings (SSSR count). The minimum atomic E-state index is -0.337. The first kappa shape index (κ1) is 18.3. The minimum absolute atomic E-state index is 0.00381. The van der Waals surface area contributed by atoms with E-state index in [4.69, 9.17) is 4.74 Å². The Morgan fingerprint density at radius 2 is 2.08 bits per heavy atom. The van der Waals surface area contributed by atoms with Gasteiger partial charge in [0.25, 0.3) is 5.91 Å². The van der Waals surface area contributed by atoms with E-state index in [1.807, 2.05) is 31.3 Å². The Kier molecular flexibility index (Phi) is 5.83. The van der Waals surface area contributed by atoms with Crippen molar-refractivity contribution in [3.8, 4) is 0 Å². The molecule has 0 saturated carbocycles. The zero-order valence-electron chi connectivity index (χ0n) is 15.2. The number of benzene rings is 1. The van der Waals surface area contributed by atoms with Gasteiger partial charge in [-0.3, -0.25) is 4.79 Å². The molecule has 138 valence electrons. The average Bonchev–Trinajstić information content (AvgIpc) is 2.67. The van der Waals surface area contributed by atoms with E-state index in [1.165, 1.54) is 29.8 Å². The molecule has 1 aromatic heterocycles. The minimum Gasteiger partial charge on any atom is -0.375 e. The first-order valence-electron chi connectivity index (χ1n) is 8.81. The first-order chi connectivity index (χ1) is 12.5. The largest absolute Gasteiger partial charge is 0.375 e. The van der Waals surface area contributed by atoms with Crippen LogP contribution in [0.2, 0.25) is 0 Å². The van der Waals surface area contributed by atoms with Crippen molar-refractivity contribution in [1.82, 2.24) is 9.88 Å². The molecule has 5 nitrogen and oxygen atoms in total. The summed E-state index contributed by atoms with van der Waals surface area (Å²) in [4.78, 5) is 20.7. The second-order valence-corrected chi connectivity index (χ2v) is 6.71. The van der Waals surface area contributed by atoms with Gasteiger partial charge in [0.15, 0.2) is 0 Å². The van der Waals surface area contributed by atoms with Gasteiger partial charge in [-0.2, -0.15) is 0 Å². The lowest BCUT2D eigenvalue weighted by molar-refractivity contribution is -0.0246. The number of hydrogen-bond donors (Lipinski definition) is 0. The summed E-state index contributed by atoms with van der Waals surface area (Å²) in [5.41, 5.74) is 1.71. The number of carbonyl (C=O) groups excluding carboxylic acids is 1. The molecule has 0 spiro atoms. The highest BCUT2D eigenvalue weighted by Gasteiger charge is 2.25. The predicted molar refractivity (Wildman–Crippen MR) is 98.9 cm³/mol. The lowest BCUT2D eigenvalue weighted by Gasteiger charge is -2.33. The lowest BCUT2D eigenvalue weighted by Crippen LogP contribution is -2.45. The van der Waals surface area contributed by atoms with E-state index in [2.05, 4.69) is 11.1 Å². The molecule has 1 amide bonds. The van der Waals surface area contributed by atoms with Crippen molar-refractivity contribution < 1.29 is 13.9 Å². The van der Waals surface area contributed by atoms with Gasteiger partial charge in [0, 0.05) is 38.9 Å². The van der Waals surface area contributed by atoms with Crippen molar-refractivity contribution in [3.63, 3.8) is 0 Å². The normalized spacial score (nSPS) is 17.2. The Morgan fingerprint density at radius 3 is 2.81 bits per heavy atom. The molecular weight excluding hydrogens is 333 g/mol. The summed E-state index contributed by atoms with van der Waals surface area (Å²) in [6.45, 7) is 1.64. The van der Waals surface area contributed by atoms with Crippen LogP contribution in [0.4, 0.5) is 10.2 Å². The van der Waals surface area contributed by atoms with E-state index in [0.29, 0.717) is 25.3 Å². The van der Waals surface area contributed by atoms with Crippen molar-refractivity contribution in [1.29, 1.82) is 0 Å². The van der Waals surface area contributed by atoms with E-state index in [1.54, 1.807) is 4.90 Å². The lowest BCUT2D eigenvalue weighted by atomic mass is 10.1. The molecule has 1 unspecified atom stereocenters. The molecule has 1 aromatic carbocycles. The first-order valence-corrected chi connectivity index (χ1v) is 8.81. The molecule has 1 aliphatic rings. The SMILES string of the molecule is CN(C)c1cc(CCC2CN(C(=O)c3ccc(F)cc3)CCO2)ccn1. The maximum Gasteiger partial charge on any atom is 0.254 e. The molecule has 0 radical (unpaired) electrons. The number of pyridine rings is 1. The maximum absolute atomic E-state index is 13.0. The van der Waals surface area contributed by atoms with E-state index in [9.17, 15) is 9.18 Å². The smallest absolute Gasteiger partial charge is 0.254 e. The number of anilines is 1. The molecular formula is C20H24FN3O2. The van der Waals surface area contributed by atoms with Crippen LogP contribution in [-0.4, -0.2) is 55.7 Å². The number of carbonyl (C=O) groups is 1. The van der Waals surface area contributed by atoms with Crippen LogP contribution in [0.1, 0.15) is 22.3 Å². The van der Waals surface area contributed by atoms with Crippen molar-refractivity contribution in [2.45, 2.75) is 18.9 Å². The predicted octanol–water partition coefficient (Wildman–Crippen LogP) is 2.76. The van der Waals surface area contributed by atoms with Crippen LogP contribution >= 0.6 is 0 Å². The van der Waals surface area contributed by atoms with Crippen LogP contribution in [0.5, 0.6) is 0 Å². The molecule has 26 heavy (non-hydrogen) atoms. The summed E-state index contributed by atoms with van der Waals surface area (Å²) in [6.07, 6.45) is 3.53. The maximum atomic E-state index is 13.0. The fraction of sp³-hybridized carbons (Fsp3) is 0.400. The molecule has 1 aliphatic heterocycles. The highest BCUT2D eigenvalue weighted by molar-refractivity contribution is 5.94. The number of aryl methyl sites for hydroxylation is 1. The summed E-state index contributed by atoms with van der Waals surface area (Å²) < 4.78 is 18.9. The average molecular weight is 357 g/mol. The number of halogens is 1. The van der Waals surface area contributed by atoms with E-state index in [0.717, 1.165) is 18.7 Å². The molecule has 0 aliphatic carbocycles. The third-order valence-electron chi connectivity index (χ3n) is 4.54. The number of amides is 1. The summed E-state index contributed by atoms with van der Waals surface area (Å²) >= 11 is 0. The summed E-state index contributed by atoms with van der Waals surface area (Å²) in [6, 6.07) is 9.78. The molecule has 1 saturated heterocycles. The summed E-state index contributed by atoms with van der Waals surface area (Å²) in [5, 5.41) is 0. The fourth-order valence-corrected chi connectivity index (χ4v) is 3.04. The quantitative estimate of drug-likeness (QED) is 0.825.